The molecule has 5 rings (SSSR count). The van der Waals surface area contributed by atoms with Crippen molar-refractivity contribution in [2.75, 3.05) is 42.9 Å². The number of nitrogens with zero attached hydrogens (tertiary/aromatic N) is 4. The van der Waals surface area contributed by atoms with Crippen LogP contribution in [-0.2, 0) is 4.79 Å². The van der Waals surface area contributed by atoms with Crippen LogP contribution >= 0.6 is 22.9 Å². The Kier molecular flexibility index (Phi) is 6.90. The van der Waals surface area contributed by atoms with Gasteiger partial charge in [0.1, 0.15) is 0 Å². The van der Waals surface area contributed by atoms with E-state index in [9.17, 15) is 19.5 Å². The van der Waals surface area contributed by atoms with Crippen molar-refractivity contribution in [3.05, 3.63) is 75.2 Å². The standard InChI is InChI=1S/C25H24ClN5O4S/c26-20-5-4-19(36-20)23(33)28-18-3-1-2-17-22(18)25(35)31(24(17)34)11-8-21(32)30-14-12-29(13-15-30)16-6-9-27-10-7-16/h1-7,9-10,24,34H,8,11-15H2,(H,28,33). The molecular formula is C25H24ClN5O4S. The van der Waals surface area contributed by atoms with Crippen LogP contribution in [0.15, 0.2) is 54.9 Å². The van der Waals surface area contributed by atoms with Crippen molar-refractivity contribution in [1.82, 2.24) is 14.8 Å². The molecule has 2 aliphatic heterocycles. The Bertz CT molecular complexity index is 1290. The molecule has 3 amide bonds. The van der Waals surface area contributed by atoms with Crippen LogP contribution in [0.5, 0.6) is 0 Å². The molecule has 2 N–H and O–H groups in total. The quantitative estimate of drug-likeness (QED) is 0.512. The first kappa shape index (κ1) is 24.2. The summed E-state index contributed by atoms with van der Waals surface area (Å²) < 4.78 is 0.486. The van der Waals surface area contributed by atoms with Gasteiger partial charge in [-0.3, -0.25) is 19.4 Å². The van der Waals surface area contributed by atoms with E-state index in [1.165, 1.54) is 4.90 Å². The maximum Gasteiger partial charge on any atom is 0.265 e. The lowest BCUT2D eigenvalue weighted by molar-refractivity contribution is -0.132. The molecule has 9 nitrogen and oxygen atoms in total. The molecule has 36 heavy (non-hydrogen) atoms. The van der Waals surface area contributed by atoms with E-state index in [2.05, 4.69) is 15.2 Å². The van der Waals surface area contributed by atoms with Gasteiger partial charge in [0.25, 0.3) is 11.8 Å². The number of benzene rings is 1. The van der Waals surface area contributed by atoms with E-state index in [0.29, 0.717) is 46.6 Å². The summed E-state index contributed by atoms with van der Waals surface area (Å²) in [6.07, 6.45) is 2.41. The van der Waals surface area contributed by atoms with Gasteiger partial charge in [0.05, 0.1) is 20.5 Å². The van der Waals surface area contributed by atoms with Crippen molar-refractivity contribution in [2.45, 2.75) is 12.6 Å². The monoisotopic (exact) mass is 525 g/mol. The number of rotatable bonds is 6. The number of pyridine rings is 1. The van der Waals surface area contributed by atoms with E-state index < -0.39 is 12.1 Å². The second-order valence-electron chi connectivity index (χ2n) is 8.52. The number of anilines is 2. The van der Waals surface area contributed by atoms with Gasteiger partial charge < -0.3 is 25.1 Å². The van der Waals surface area contributed by atoms with Gasteiger partial charge >= 0.3 is 0 Å². The molecule has 0 radical (unpaired) electrons. The van der Waals surface area contributed by atoms with Gasteiger partial charge in [0.15, 0.2) is 6.23 Å². The van der Waals surface area contributed by atoms with Crippen LogP contribution in [0.1, 0.15) is 38.2 Å². The van der Waals surface area contributed by atoms with Gasteiger partial charge in [-0.1, -0.05) is 23.7 Å². The molecular weight excluding hydrogens is 502 g/mol. The van der Waals surface area contributed by atoms with Crippen LogP contribution < -0.4 is 10.2 Å². The number of aliphatic hydroxyl groups excluding tert-OH is 1. The summed E-state index contributed by atoms with van der Waals surface area (Å²) in [4.78, 5) is 48.4. The van der Waals surface area contributed by atoms with Crippen LogP contribution in [0, 0.1) is 0 Å². The highest BCUT2D eigenvalue weighted by atomic mass is 35.5. The van der Waals surface area contributed by atoms with E-state index in [0.717, 1.165) is 17.0 Å². The number of aromatic nitrogens is 1. The van der Waals surface area contributed by atoms with Crippen molar-refractivity contribution in [3.63, 3.8) is 0 Å². The fourth-order valence-electron chi connectivity index (χ4n) is 4.54. The normalized spacial score (nSPS) is 17.3. The first-order valence-corrected chi connectivity index (χ1v) is 12.7. The van der Waals surface area contributed by atoms with Crippen LogP contribution in [-0.4, -0.2) is 70.3 Å². The molecule has 0 bridgehead atoms. The number of aliphatic hydroxyl groups is 1. The molecule has 3 aromatic rings. The van der Waals surface area contributed by atoms with Crippen molar-refractivity contribution in [2.24, 2.45) is 0 Å². The zero-order chi connectivity index (χ0) is 25.2. The van der Waals surface area contributed by atoms with Crippen LogP contribution in [0.25, 0.3) is 0 Å². The number of amides is 3. The lowest BCUT2D eigenvalue weighted by Gasteiger charge is -2.36. The highest BCUT2D eigenvalue weighted by molar-refractivity contribution is 7.18. The fraction of sp³-hybridized carbons (Fsp3) is 0.280. The number of hydrogen-bond acceptors (Lipinski definition) is 7. The van der Waals surface area contributed by atoms with Crippen LogP contribution in [0.2, 0.25) is 4.34 Å². The van der Waals surface area contributed by atoms with E-state index in [-0.39, 0.29) is 30.3 Å². The second-order valence-corrected chi connectivity index (χ2v) is 10.2. The van der Waals surface area contributed by atoms with Gasteiger partial charge in [-0.15, -0.1) is 11.3 Å². The smallest absolute Gasteiger partial charge is 0.265 e. The Morgan fingerprint density at radius 1 is 1.08 bits per heavy atom. The lowest BCUT2D eigenvalue weighted by Crippen LogP contribution is -2.49. The van der Waals surface area contributed by atoms with Crippen molar-refractivity contribution >= 4 is 52.0 Å². The van der Waals surface area contributed by atoms with E-state index in [4.69, 9.17) is 11.6 Å². The SMILES string of the molecule is O=C(Nc1cccc2c1C(=O)N(CCC(=O)N1CCN(c3ccncc3)CC1)C2O)c1ccc(Cl)s1. The van der Waals surface area contributed by atoms with Crippen molar-refractivity contribution in [3.8, 4) is 0 Å². The maximum absolute atomic E-state index is 13.2. The molecule has 186 valence electrons. The number of carbonyl (C=O) groups is 3. The Balaban J connectivity index is 1.20. The number of fused-ring (bicyclic) bond motifs is 1. The molecule has 2 aliphatic rings. The van der Waals surface area contributed by atoms with Crippen LogP contribution in [0.3, 0.4) is 0 Å². The van der Waals surface area contributed by atoms with E-state index in [1.54, 1.807) is 47.6 Å². The number of nitrogens with one attached hydrogen (secondary N) is 1. The number of thiophene rings is 1. The molecule has 1 aromatic carbocycles. The van der Waals surface area contributed by atoms with E-state index >= 15 is 0 Å². The molecule has 1 atom stereocenters. The minimum atomic E-state index is -1.18. The highest BCUT2D eigenvalue weighted by Crippen LogP contribution is 2.36. The summed E-state index contributed by atoms with van der Waals surface area (Å²) in [5, 5.41) is 13.6. The third-order valence-electron chi connectivity index (χ3n) is 6.42. The van der Waals surface area contributed by atoms with Gasteiger partial charge in [-0.05, 0) is 30.3 Å². The zero-order valence-electron chi connectivity index (χ0n) is 19.3. The van der Waals surface area contributed by atoms with Gasteiger partial charge in [-0.25, -0.2) is 0 Å². The third-order valence-corrected chi connectivity index (χ3v) is 7.65. The zero-order valence-corrected chi connectivity index (χ0v) is 20.8. The lowest BCUT2D eigenvalue weighted by atomic mass is 10.1. The summed E-state index contributed by atoms with van der Waals surface area (Å²) in [7, 11) is 0. The van der Waals surface area contributed by atoms with Gasteiger partial charge in [0.2, 0.25) is 5.91 Å². The number of halogens is 1. The largest absolute Gasteiger partial charge is 0.369 e. The number of hydrogen-bond donors (Lipinski definition) is 2. The summed E-state index contributed by atoms with van der Waals surface area (Å²) in [5.74, 6) is -0.876. The second kappa shape index (κ2) is 10.3. The Morgan fingerprint density at radius 3 is 2.53 bits per heavy atom. The van der Waals surface area contributed by atoms with Gasteiger partial charge in [0, 0.05) is 62.8 Å². The van der Waals surface area contributed by atoms with Gasteiger partial charge in [-0.2, -0.15) is 0 Å². The average molecular weight is 526 g/mol. The minimum Gasteiger partial charge on any atom is -0.369 e. The highest BCUT2D eigenvalue weighted by Gasteiger charge is 2.38. The molecule has 11 heteroatoms. The molecule has 0 spiro atoms. The Labute approximate surface area is 216 Å². The molecule has 0 aliphatic carbocycles. The molecule has 0 saturated carbocycles. The summed E-state index contributed by atoms with van der Waals surface area (Å²) in [6.45, 7) is 2.67. The first-order chi connectivity index (χ1) is 17.4. The molecule has 1 unspecified atom stereocenters. The Hall–Kier alpha value is -3.47. The number of carbonyl (C=O) groups excluding carboxylic acids is 3. The average Bonchev–Trinajstić information content (AvgIpc) is 3.44. The number of piperazine rings is 1. The molecule has 1 saturated heterocycles. The van der Waals surface area contributed by atoms with E-state index in [1.807, 2.05) is 12.1 Å². The van der Waals surface area contributed by atoms with Crippen molar-refractivity contribution in [1.29, 1.82) is 0 Å². The third kappa shape index (κ3) is 4.79. The molecule has 2 aromatic heterocycles. The molecule has 1 fully saturated rings. The fourth-order valence-corrected chi connectivity index (χ4v) is 5.48. The topological polar surface area (TPSA) is 106 Å². The summed E-state index contributed by atoms with van der Waals surface area (Å²) >= 11 is 7.06. The summed E-state index contributed by atoms with van der Waals surface area (Å²) in [6, 6.07) is 12.1. The molecule has 4 heterocycles. The summed E-state index contributed by atoms with van der Waals surface area (Å²) in [5.41, 5.74) is 2.03. The maximum atomic E-state index is 13.2. The van der Waals surface area contributed by atoms with Crippen LogP contribution in [0.4, 0.5) is 11.4 Å². The minimum absolute atomic E-state index is 0.0663. The predicted octanol–water partition coefficient (Wildman–Crippen LogP) is 3.23. The Morgan fingerprint density at radius 2 is 1.83 bits per heavy atom. The predicted molar refractivity (Wildman–Crippen MR) is 137 cm³/mol. The van der Waals surface area contributed by atoms with Crippen molar-refractivity contribution < 1.29 is 19.5 Å². The first-order valence-electron chi connectivity index (χ1n) is 11.5.